The molecule has 0 saturated heterocycles. The van der Waals surface area contributed by atoms with E-state index < -0.39 is 26.3 Å². The van der Waals surface area contributed by atoms with Crippen molar-refractivity contribution in [3.63, 3.8) is 0 Å². The number of hydrogen-bond donors (Lipinski definition) is 2. The molecule has 0 radical (unpaired) electrons. The smallest absolute Gasteiger partial charge is 0.305 e. The Morgan fingerprint density at radius 2 is 2.00 bits per heavy atom. The van der Waals surface area contributed by atoms with Gasteiger partial charge >= 0.3 is 5.69 Å². The van der Waals surface area contributed by atoms with Crippen molar-refractivity contribution in [1.82, 2.24) is 9.55 Å². The van der Waals surface area contributed by atoms with Gasteiger partial charge in [0.25, 0.3) is 15.7 Å². The van der Waals surface area contributed by atoms with Crippen LogP contribution < -0.4 is 11.2 Å². The number of H-pyrrole nitrogens is 1. The molecule has 0 spiro atoms. The highest BCUT2D eigenvalue weighted by Crippen LogP contribution is 2.16. The Labute approximate surface area is 101 Å². The molecule has 7 nitrogen and oxygen atoms in total. The third-order valence-corrected chi connectivity index (χ3v) is 3.47. The summed E-state index contributed by atoms with van der Waals surface area (Å²) in [4.78, 5) is 25.3. The maximum absolute atomic E-state index is 11.9. The summed E-state index contributed by atoms with van der Waals surface area (Å²) in [5.74, 6) is 0. The molecule has 0 aliphatic rings. The molecule has 8 heteroatoms. The van der Waals surface area contributed by atoms with Gasteiger partial charge in [-0.15, -0.1) is 0 Å². The number of nitrogens with zero attached hydrogens (tertiary/aromatic N) is 1. The summed E-state index contributed by atoms with van der Waals surface area (Å²) in [5, 5.41) is 0.0339. The van der Waals surface area contributed by atoms with Crippen molar-refractivity contribution in [2.45, 2.75) is 18.4 Å². The number of aromatic amines is 1. The quantitative estimate of drug-likeness (QED) is 0.744. The topological polar surface area (TPSA) is 109 Å². The summed E-state index contributed by atoms with van der Waals surface area (Å²) in [5.41, 5.74) is -1.49. The first-order valence-electron chi connectivity index (χ1n) is 5.09. The van der Waals surface area contributed by atoms with E-state index in [1.54, 1.807) is 6.92 Å². The van der Waals surface area contributed by atoms with E-state index in [1.807, 2.05) is 0 Å². The molecule has 0 amide bonds. The Morgan fingerprint density at radius 3 is 2.56 bits per heavy atom. The predicted octanol–water partition coefficient (Wildman–Crippen LogP) is -0.0436. The Morgan fingerprint density at radius 1 is 1.33 bits per heavy atom. The zero-order valence-corrected chi connectivity index (χ0v) is 10.2. The van der Waals surface area contributed by atoms with Gasteiger partial charge in [-0.05, 0) is 19.1 Å². The zero-order chi connectivity index (χ0) is 13.5. The highest BCUT2D eigenvalue weighted by molar-refractivity contribution is 7.86. The number of aromatic nitrogens is 2. The summed E-state index contributed by atoms with van der Waals surface area (Å²) in [6.45, 7) is 1.79. The minimum atomic E-state index is -4.50. The lowest BCUT2D eigenvalue weighted by molar-refractivity contribution is 0.484. The van der Waals surface area contributed by atoms with Crippen LogP contribution in [0, 0.1) is 0 Å². The number of nitrogens with one attached hydrogen (secondary N) is 1. The van der Waals surface area contributed by atoms with Crippen LogP contribution in [0.15, 0.2) is 32.7 Å². The van der Waals surface area contributed by atoms with Crippen LogP contribution in [-0.2, 0) is 16.7 Å². The third-order valence-electron chi connectivity index (χ3n) is 2.57. The lowest BCUT2D eigenvalue weighted by Crippen LogP contribution is -2.34. The molecular formula is C10H10N2O5S. The van der Waals surface area contributed by atoms with E-state index >= 15 is 0 Å². The van der Waals surface area contributed by atoms with Gasteiger partial charge in [0.15, 0.2) is 0 Å². The van der Waals surface area contributed by atoms with Crippen LogP contribution in [0.25, 0.3) is 10.9 Å². The molecule has 1 heterocycles. The Balaban J connectivity index is 3.08. The van der Waals surface area contributed by atoms with Crippen molar-refractivity contribution in [3.8, 4) is 0 Å². The standard InChI is InChI=1S/C10H10N2O5S/c1-2-12-9(13)6-4-3-5-7(18(15,16)17)8(6)11-10(12)14/h3-5H,2H2,1H3,(H,11,14)(H,15,16,17). The first-order chi connectivity index (χ1) is 8.36. The fraction of sp³-hybridized carbons (Fsp3) is 0.200. The van der Waals surface area contributed by atoms with Crippen LogP contribution in [0.2, 0.25) is 0 Å². The maximum atomic E-state index is 11.9. The van der Waals surface area contributed by atoms with Crippen molar-refractivity contribution >= 4 is 21.0 Å². The molecule has 1 aromatic heterocycles. The molecule has 18 heavy (non-hydrogen) atoms. The van der Waals surface area contributed by atoms with Crippen LogP contribution >= 0.6 is 0 Å². The molecule has 2 aromatic rings. The Bertz CT molecular complexity index is 831. The summed E-state index contributed by atoms with van der Waals surface area (Å²) in [6.07, 6.45) is 0. The second-order valence-corrected chi connectivity index (χ2v) is 5.02. The van der Waals surface area contributed by atoms with Gasteiger partial charge in [-0.3, -0.25) is 13.9 Å². The number of hydrogen-bond acceptors (Lipinski definition) is 4. The van der Waals surface area contributed by atoms with E-state index in [2.05, 4.69) is 4.98 Å². The molecule has 0 bridgehead atoms. The average Bonchev–Trinajstić information content (AvgIpc) is 2.27. The summed E-state index contributed by atoms with van der Waals surface area (Å²) >= 11 is 0. The minimum absolute atomic E-state index is 0.0339. The van der Waals surface area contributed by atoms with Crippen LogP contribution in [0.1, 0.15) is 6.92 Å². The molecule has 1 aromatic carbocycles. The molecule has 0 saturated carbocycles. The lowest BCUT2D eigenvalue weighted by atomic mass is 10.2. The average molecular weight is 270 g/mol. The third kappa shape index (κ3) is 1.85. The van der Waals surface area contributed by atoms with Crippen LogP contribution in [0.4, 0.5) is 0 Å². The summed E-state index contributed by atoms with van der Waals surface area (Å²) in [6, 6.07) is 3.82. The molecule has 0 aliphatic carbocycles. The van der Waals surface area contributed by atoms with Crippen molar-refractivity contribution < 1.29 is 13.0 Å². The van der Waals surface area contributed by atoms with Crippen molar-refractivity contribution in [2.24, 2.45) is 0 Å². The highest BCUT2D eigenvalue weighted by Gasteiger charge is 2.17. The van der Waals surface area contributed by atoms with E-state index in [1.165, 1.54) is 12.1 Å². The molecule has 2 rings (SSSR count). The summed E-state index contributed by atoms with van der Waals surface area (Å²) < 4.78 is 32.3. The fourth-order valence-electron chi connectivity index (χ4n) is 1.75. The van der Waals surface area contributed by atoms with Gasteiger partial charge in [0, 0.05) is 6.54 Å². The maximum Gasteiger partial charge on any atom is 0.328 e. The number of fused-ring (bicyclic) bond motifs is 1. The molecular weight excluding hydrogens is 260 g/mol. The number of rotatable bonds is 2. The normalized spacial score (nSPS) is 11.9. The SMILES string of the molecule is CCn1c(=O)[nH]c2c(S(=O)(=O)O)cccc2c1=O. The molecule has 2 N–H and O–H groups in total. The second kappa shape index (κ2) is 4.07. The van der Waals surface area contributed by atoms with Crippen molar-refractivity contribution in [2.75, 3.05) is 0 Å². The lowest BCUT2D eigenvalue weighted by Gasteiger charge is -2.06. The van der Waals surface area contributed by atoms with Crippen molar-refractivity contribution in [3.05, 3.63) is 39.0 Å². The van der Waals surface area contributed by atoms with Crippen LogP contribution in [-0.4, -0.2) is 22.5 Å². The first kappa shape index (κ1) is 12.5. The van der Waals surface area contributed by atoms with Gasteiger partial charge in [0.05, 0.1) is 10.9 Å². The van der Waals surface area contributed by atoms with Gasteiger partial charge in [-0.1, -0.05) is 6.07 Å². The van der Waals surface area contributed by atoms with E-state index in [0.717, 1.165) is 10.6 Å². The molecule has 0 unspecified atom stereocenters. The number of para-hydroxylation sites is 1. The van der Waals surface area contributed by atoms with Gasteiger partial charge in [0.2, 0.25) is 0 Å². The Kier molecular flexibility index (Phi) is 2.83. The Hall–Kier alpha value is -1.93. The van der Waals surface area contributed by atoms with Gasteiger partial charge < -0.3 is 4.98 Å². The van der Waals surface area contributed by atoms with Gasteiger partial charge in [-0.25, -0.2) is 4.79 Å². The molecule has 0 atom stereocenters. The molecule has 0 fully saturated rings. The van der Waals surface area contributed by atoms with Gasteiger partial charge in [0.1, 0.15) is 4.90 Å². The fourth-order valence-corrected chi connectivity index (χ4v) is 2.42. The molecule has 96 valence electrons. The van der Waals surface area contributed by atoms with Crippen LogP contribution in [0.5, 0.6) is 0 Å². The zero-order valence-electron chi connectivity index (χ0n) is 9.37. The van der Waals surface area contributed by atoms with E-state index in [0.29, 0.717) is 0 Å². The predicted molar refractivity (Wildman–Crippen MR) is 64.3 cm³/mol. The first-order valence-corrected chi connectivity index (χ1v) is 6.53. The monoisotopic (exact) mass is 270 g/mol. The van der Waals surface area contributed by atoms with E-state index in [9.17, 15) is 18.0 Å². The number of benzene rings is 1. The highest BCUT2D eigenvalue weighted by atomic mass is 32.2. The largest absolute Gasteiger partial charge is 0.328 e. The van der Waals surface area contributed by atoms with E-state index in [4.69, 9.17) is 4.55 Å². The van der Waals surface area contributed by atoms with Gasteiger partial charge in [-0.2, -0.15) is 8.42 Å². The minimum Gasteiger partial charge on any atom is -0.305 e. The second-order valence-electron chi connectivity index (χ2n) is 3.63. The van der Waals surface area contributed by atoms with E-state index in [-0.39, 0.29) is 17.4 Å². The van der Waals surface area contributed by atoms with Crippen LogP contribution in [0.3, 0.4) is 0 Å². The molecule has 0 aliphatic heterocycles. The van der Waals surface area contributed by atoms with Crippen molar-refractivity contribution in [1.29, 1.82) is 0 Å². The summed E-state index contributed by atoms with van der Waals surface area (Å²) in [7, 11) is -4.50.